The Balaban J connectivity index is 1.81. The predicted octanol–water partition coefficient (Wildman–Crippen LogP) is 2.93. The molecule has 1 unspecified atom stereocenters. The zero-order valence-corrected chi connectivity index (χ0v) is 11.7. The highest BCUT2D eigenvalue weighted by atomic mass is 15.3. The number of fused-ring (bicyclic) bond motifs is 1. The van der Waals surface area contributed by atoms with Crippen LogP contribution in [0.5, 0.6) is 0 Å². The second-order valence-electron chi connectivity index (χ2n) is 5.47. The summed E-state index contributed by atoms with van der Waals surface area (Å²) in [5, 5.41) is 4.25. The lowest BCUT2D eigenvalue weighted by atomic mass is 9.87. The minimum atomic E-state index is 0.542. The van der Waals surface area contributed by atoms with Crippen molar-refractivity contribution in [1.29, 1.82) is 0 Å². The van der Waals surface area contributed by atoms with E-state index in [2.05, 4.69) is 47.4 Å². The Morgan fingerprint density at radius 2 is 2.16 bits per heavy atom. The highest BCUT2D eigenvalue weighted by Gasteiger charge is 2.23. The Bertz CT molecular complexity index is 559. The first kappa shape index (κ1) is 12.4. The summed E-state index contributed by atoms with van der Waals surface area (Å²) in [4.78, 5) is 2.45. The molecule has 3 rings (SSSR count). The van der Waals surface area contributed by atoms with Gasteiger partial charge in [-0.1, -0.05) is 24.3 Å². The SMILES string of the molecule is CN(Cc1ccnn1C)C1CCCc2ccccc21. The molecule has 1 atom stereocenters. The minimum Gasteiger partial charge on any atom is -0.294 e. The number of benzene rings is 1. The molecular weight excluding hydrogens is 234 g/mol. The first-order chi connectivity index (χ1) is 9.25. The standard InChI is InChI=1S/C16H21N3/c1-18(12-14-10-11-17-19(14)2)16-9-5-7-13-6-3-4-8-15(13)16/h3-4,6,8,10-11,16H,5,7,9,12H2,1-2H3. The molecule has 0 saturated carbocycles. The predicted molar refractivity (Wildman–Crippen MR) is 76.8 cm³/mol. The molecule has 2 aromatic rings. The Labute approximate surface area is 114 Å². The van der Waals surface area contributed by atoms with E-state index in [1.54, 1.807) is 0 Å². The van der Waals surface area contributed by atoms with E-state index in [9.17, 15) is 0 Å². The Morgan fingerprint density at radius 1 is 1.32 bits per heavy atom. The molecule has 1 aromatic heterocycles. The molecule has 3 heteroatoms. The maximum atomic E-state index is 4.25. The van der Waals surface area contributed by atoms with E-state index in [4.69, 9.17) is 0 Å². The monoisotopic (exact) mass is 255 g/mol. The van der Waals surface area contributed by atoms with Crippen LogP contribution in [0.15, 0.2) is 36.5 Å². The molecule has 0 fully saturated rings. The molecule has 1 aliphatic carbocycles. The molecule has 0 amide bonds. The van der Waals surface area contributed by atoms with Gasteiger partial charge in [0.05, 0.1) is 5.69 Å². The molecule has 1 aromatic carbocycles. The molecule has 0 aliphatic heterocycles. The fraction of sp³-hybridized carbons (Fsp3) is 0.438. The zero-order valence-electron chi connectivity index (χ0n) is 11.7. The van der Waals surface area contributed by atoms with Gasteiger partial charge in [0.1, 0.15) is 0 Å². The molecule has 0 bridgehead atoms. The van der Waals surface area contributed by atoms with Gasteiger partial charge in [0.15, 0.2) is 0 Å². The summed E-state index contributed by atoms with van der Waals surface area (Å²) in [5.74, 6) is 0. The van der Waals surface area contributed by atoms with Gasteiger partial charge < -0.3 is 0 Å². The second kappa shape index (κ2) is 5.17. The first-order valence-corrected chi connectivity index (χ1v) is 7.00. The quantitative estimate of drug-likeness (QED) is 0.841. The van der Waals surface area contributed by atoms with E-state index in [1.807, 2.05) is 17.9 Å². The van der Waals surface area contributed by atoms with Crippen LogP contribution in [-0.4, -0.2) is 21.7 Å². The van der Waals surface area contributed by atoms with E-state index in [0.717, 1.165) is 6.54 Å². The van der Waals surface area contributed by atoms with E-state index >= 15 is 0 Å². The molecule has 100 valence electrons. The van der Waals surface area contributed by atoms with Crippen LogP contribution in [0.4, 0.5) is 0 Å². The fourth-order valence-corrected chi connectivity index (χ4v) is 3.11. The summed E-state index contributed by atoms with van der Waals surface area (Å²) in [6, 6.07) is 11.5. The Hall–Kier alpha value is -1.61. The van der Waals surface area contributed by atoms with E-state index in [1.165, 1.54) is 36.1 Å². The lowest BCUT2D eigenvalue weighted by Gasteiger charge is -2.33. The lowest BCUT2D eigenvalue weighted by Crippen LogP contribution is -2.28. The Kier molecular flexibility index (Phi) is 3.38. The van der Waals surface area contributed by atoms with Gasteiger partial charge in [0.2, 0.25) is 0 Å². The van der Waals surface area contributed by atoms with Crippen LogP contribution >= 0.6 is 0 Å². The number of aryl methyl sites for hydroxylation is 2. The normalized spacial score (nSPS) is 18.6. The van der Waals surface area contributed by atoms with E-state index < -0.39 is 0 Å². The highest BCUT2D eigenvalue weighted by Crippen LogP contribution is 2.33. The van der Waals surface area contributed by atoms with Gasteiger partial charge >= 0.3 is 0 Å². The number of aromatic nitrogens is 2. The lowest BCUT2D eigenvalue weighted by molar-refractivity contribution is 0.208. The topological polar surface area (TPSA) is 21.1 Å². The average molecular weight is 255 g/mol. The van der Waals surface area contributed by atoms with Crippen molar-refractivity contribution < 1.29 is 0 Å². The smallest absolute Gasteiger partial charge is 0.0521 e. The maximum Gasteiger partial charge on any atom is 0.0521 e. The molecule has 1 aliphatic rings. The van der Waals surface area contributed by atoms with Crippen LogP contribution < -0.4 is 0 Å². The summed E-state index contributed by atoms with van der Waals surface area (Å²) in [7, 11) is 4.23. The molecule has 0 N–H and O–H groups in total. The summed E-state index contributed by atoms with van der Waals surface area (Å²) in [5.41, 5.74) is 4.31. The van der Waals surface area contributed by atoms with Crippen LogP contribution in [-0.2, 0) is 20.0 Å². The van der Waals surface area contributed by atoms with Crippen molar-refractivity contribution in [2.45, 2.75) is 31.8 Å². The van der Waals surface area contributed by atoms with E-state index in [-0.39, 0.29) is 0 Å². The van der Waals surface area contributed by atoms with Gasteiger partial charge in [-0.25, -0.2) is 0 Å². The van der Waals surface area contributed by atoms with E-state index in [0.29, 0.717) is 6.04 Å². The largest absolute Gasteiger partial charge is 0.294 e. The van der Waals surface area contributed by atoms with Gasteiger partial charge in [0.25, 0.3) is 0 Å². The number of rotatable bonds is 3. The molecule has 0 spiro atoms. The summed E-state index contributed by atoms with van der Waals surface area (Å²) in [6.07, 6.45) is 5.65. The summed E-state index contributed by atoms with van der Waals surface area (Å²) < 4.78 is 1.96. The highest BCUT2D eigenvalue weighted by molar-refractivity contribution is 5.32. The van der Waals surface area contributed by atoms with Gasteiger partial charge in [0, 0.05) is 25.8 Å². The van der Waals surface area contributed by atoms with Crippen molar-refractivity contribution in [1.82, 2.24) is 14.7 Å². The molecule has 0 radical (unpaired) electrons. The summed E-state index contributed by atoms with van der Waals surface area (Å²) >= 11 is 0. The van der Waals surface area contributed by atoms with Crippen LogP contribution in [0.25, 0.3) is 0 Å². The third-order valence-corrected chi connectivity index (χ3v) is 4.20. The Morgan fingerprint density at radius 3 is 2.95 bits per heavy atom. The van der Waals surface area contributed by atoms with Crippen molar-refractivity contribution in [2.75, 3.05) is 7.05 Å². The van der Waals surface area contributed by atoms with Crippen LogP contribution in [0, 0.1) is 0 Å². The molecular formula is C16H21N3. The zero-order chi connectivity index (χ0) is 13.2. The minimum absolute atomic E-state index is 0.542. The van der Waals surface area contributed by atoms with Crippen LogP contribution in [0.3, 0.4) is 0 Å². The maximum absolute atomic E-state index is 4.25. The number of hydrogen-bond donors (Lipinski definition) is 0. The first-order valence-electron chi connectivity index (χ1n) is 7.00. The van der Waals surface area contributed by atoms with Gasteiger partial charge in [-0.05, 0) is 43.5 Å². The van der Waals surface area contributed by atoms with Gasteiger partial charge in [-0.3, -0.25) is 9.58 Å². The van der Waals surface area contributed by atoms with Gasteiger partial charge in [-0.15, -0.1) is 0 Å². The average Bonchev–Trinajstić information content (AvgIpc) is 2.83. The van der Waals surface area contributed by atoms with Crippen molar-refractivity contribution >= 4 is 0 Å². The molecule has 19 heavy (non-hydrogen) atoms. The second-order valence-corrected chi connectivity index (χ2v) is 5.47. The molecule has 0 saturated heterocycles. The van der Waals surface area contributed by atoms with Crippen molar-refractivity contribution in [3.63, 3.8) is 0 Å². The number of hydrogen-bond acceptors (Lipinski definition) is 2. The van der Waals surface area contributed by atoms with Crippen molar-refractivity contribution in [3.05, 3.63) is 53.3 Å². The fourth-order valence-electron chi connectivity index (χ4n) is 3.11. The number of nitrogens with zero attached hydrogens (tertiary/aromatic N) is 3. The van der Waals surface area contributed by atoms with Crippen LogP contribution in [0.2, 0.25) is 0 Å². The summed E-state index contributed by atoms with van der Waals surface area (Å²) in [6.45, 7) is 0.954. The van der Waals surface area contributed by atoms with Gasteiger partial charge in [-0.2, -0.15) is 5.10 Å². The molecule has 3 nitrogen and oxygen atoms in total. The third kappa shape index (κ3) is 2.43. The molecule has 1 heterocycles. The van der Waals surface area contributed by atoms with Crippen LogP contribution in [0.1, 0.15) is 35.7 Å². The third-order valence-electron chi connectivity index (χ3n) is 4.20. The van der Waals surface area contributed by atoms with Crippen molar-refractivity contribution in [3.8, 4) is 0 Å². The van der Waals surface area contributed by atoms with Crippen molar-refractivity contribution in [2.24, 2.45) is 7.05 Å².